The van der Waals surface area contributed by atoms with Crippen molar-refractivity contribution in [2.45, 2.75) is 13.7 Å². The normalized spacial score (nSPS) is 10.4. The van der Waals surface area contributed by atoms with Gasteiger partial charge in [0.25, 0.3) is 0 Å². The van der Waals surface area contributed by atoms with E-state index in [9.17, 15) is 0 Å². The van der Waals surface area contributed by atoms with Crippen LogP contribution >= 0.6 is 0 Å². The summed E-state index contributed by atoms with van der Waals surface area (Å²) in [7, 11) is 0. The number of benzene rings is 1. The highest BCUT2D eigenvalue weighted by atomic mass is 16.3. The van der Waals surface area contributed by atoms with Gasteiger partial charge in [-0.25, -0.2) is 4.98 Å². The maximum Gasteiger partial charge on any atom is 0.141 e. The molecule has 0 bridgehead atoms. The second-order valence-corrected chi connectivity index (χ2v) is 3.23. The monoisotopic (exact) mass is 188 g/mol. The van der Waals surface area contributed by atoms with E-state index in [1.165, 1.54) is 5.56 Å². The molecule has 1 aromatic heterocycles. The van der Waals surface area contributed by atoms with Gasteiger partial charge in [-0.05, 0) is 6.92 Å². The average Bonchev–Trinajstić information content (AvgIpc) is 2.67. The molecule has 0 atom stereocenters. The summed E-state index contributed by atoms with van der Waals surface area (Å²) in [4.78, 5) is 4.19. The lowest BCUT2D eigenvalue weighted by Crippen LogP contribution is -1.97. The molecule has 3 nitrogen and oxygen atoms in total. The molecule has 14 heavy (non-hydrogen) atoms. The third-order valence-corrected chi connectivity index (χ3v) is 2.18. The molecule has 0 aliphatic rings. The van der Waals surface area contributed by atoms with Crippen LogP contribution in [0.3, 0.4) is 0 Å². The molecule has 0 fully saturated rings. The number of aryl methyl sites for hydroxylation is 1. The quantitative estimate of drug-likeness (QED) is 0.780. The van der Waals surface area contributed by atoms with Gasteiger partial charge < -0.3 is 9.67 Å². The van der Waals surface area contributed by atoms with Gasteiger partial charge in [-0.2, -0.15) is 0 Å². The SMILES string of the molecule is Cc1ccc(-c2nccn2CO)cc1. The van der Waals surface area contributed by atoms with Crippen molar-refractivity contribution in [3.63, 3.8) is 0 Å². The highest BCUT2D eigenvalue weighted by Gasteiger charge is 2.03. The number of imidazole rings is 1. The van der Waals surface area contributed by atoms with Gasteiger partial charge in [0, 0.05) is 18.0 Å². The molecule has 2 rings (SSSR count). The first-order chi connectivity index (χ1) is 6.81. The smallest absolute Gasteiger partial charge is 0.141 e. The number of hydrogen-bond donors (Lipinski definition) is 1. The second-order valence-electron chi connectivity index (χ2n) is 3.23. The fraction of sp³-hybridized carbons (Fsp3) is 0.182. The van der Waals surface area contributed by atoms with Gasteiger partial charge in [0.2, 0.25) is 0 Å². The molecular formula is C11H12N2O. The lowest BCUT2D eigenvalue weighted by atomic mass is 10.1. The van der Waals surface area contributed by atoms with Gasteiger partial charge in [0.15, 0.2) is 0 Å². The van der Waals surface area contributed by atoms with Crippen LogP contribution in [0.15, 0.2) is 36.7 Å². The van der Waals surface area contributed by atoms with Crippen LogP contribution in [-0.4, -0.2) is 14.7 Å². The fourth-order valence-corrected chi connectivity index (χ4v) is 1.39. The van der Waals surface area contributed by atoms with E-state index in [1.54, 1.807) is 17.0 Å². The topological polar surface area (TPSA) is 38.0 Å². The van der Waals surface area contributed by atoms with Crippen LogP contribution in [0.4, 0.5) is 0 Å². The molecule has 0 spiro atoms. The molecule has 1 N–H and O–H groups in total. The molecule has 0 aliphatic carbocycles. The van der Waals surface area contributed by atoms with Crippen LogP contribution in [0.5, 0.6) is 0 Å². The summed E-state index contributed by atoms with van der Waals surface area (Å²) in [5.41, 5.74) is 2.24. The summed E-state index contributed by atoms with van der Waals surface area (Å²) in [6.07, 6.45) is 3.45. The first-order valence-electron chi connectivity index (χ1n) is 4.50. The van der Waals surface area contributed by atoms with Crippen molar-refractivity contribution in [1.29, 1.82) is 0 Å². The summed E-state index contributed by atoms with van der Waals surface area (Å²) in [5, 5.41) is 9.05. The maximum atomic E-state index is 9.05. The summed E-state index contributed by atoms with van der Waals surface area (Å²) in [6, 6.07) is 8.07. The zero-order valence-corrected chi connectivity index (χ0v) is 8.01. The van der Waals surface area contributed by atoms with E-state index in [1.807, 2.05) is 31.2 Å². The van der Waals surface area contributed by atoms with Crippen molar-refractivity contribution in [3.8, 4) is 11.4 Å². The molecule has 2 aromatic rings. The Morgan fingerprint density at radius 3 is 2.64 bits per heavy atom. The number of rotatable bonds is 2. The lowest BCUT2D eigenvalue weighted by Gasteiger charge is -2.03. The van der Waals surface area contributed by atoms with E-state index < -0.39 is 0 Å². The van der Waals surface area contributed by atoms with Crippen molar-refractivity contribution < 1.29 is 5.11 Å². The minimum absolute atomic E-state index is 0.0385. The summed E-state index contributed by atoms with van der Waals surface area (Å²) >= 11 is 0. The van der Waals surface area contributed by atoms with Crippen molar-refractivity contribution in [2.24, 2.45) is 0 Å². The van der Waals surface area contributed by atoms with Gasteiger partial charge in [0.1, 0.15) is 12.6 Å². The standard InChI is InChI=1S/C11H12N2O/c1-9-2-4-10(5-3-9)11-12-6-7-13(11)8-14/h2-7,14H,8H2,1H3. The summed E-state index contributed by atoms with van der Waals surface area (Å²) in [6.45, 7) is 2.01. The van der Waals surface area contributed by atoms with Crippen molar-refractivity contribution >= 4 is 0 Å². The Hall–Kier alpha value is -1.61. The molecule has 72 valence electrons. The van der Waals surface area contributed by atoms with Gasteiger partial charge in [0.05, 0.1) is 0 Å². The van der Waals surface area contributed by atoms with Gasteiger partial charge in [-0.15, -0.1) is 0 Å². The first-order valence-corrected chi connectivity index (χ1v) is 4.50. The third-order valence-electron chi connectivity index (χ3n) is 2.18. The maximum absolute atomic E-state index is 9.05. The summed E-state index contributed by atoms with van der Waals surface area (Å²) < 4.78 is 1.70. The molecule has 0 radical (unpaired) electrons. The average molecular weight is 188 g/mol. The molecule has 1 aromatic carbocycles. The zero-order valence-electron chi connectivity index (χ0n) is 8.01. The van der Waals surface area contributed by atoms with Crippen LogP contribution < -0.4 is 0 Å². The molecule has 0 aliphatic heterocycles. The Kier molecular flexibility index (Phi) is 2.33. The highest BCUT2D eigenvalue weighted by molar-refractivity contribution is 5.55. The van der Waals surface area contributed by atoms with Crippen LogP contribution in [0.2, 0.25) is 0 Å². The molecule has 1 heterocycles. The van der Waals surface area contributed by atoms with Gasteiger partial charge >= 0.3 is 0 Å². The second kappa shape index (κ2) is 3.64. The zero-order chi connectivity index (χ0) is 9.97. The van der Waals surface area contributed by atoms with Gasteiger partial charge in [-0.1, -0.05) is 29.8 Å². The molecule has 0 saturated carbocycles. The van der Waals surface area contributed by atoms with Crippen molar-refractivity contribution in [2.75, 3.05) is 0 Å². The molecule has 3 heteroatoms. The number of hydrogen-bond acceptors (Lipinski definition) is 2. The van der Waals surface area contributed by atoms with Crippen molar-refractivity contribution in [1.82, 2.24) is 9.55 Å². The Morgan fingerprint density at radius 1 is 1.29 bits per heavy atom. The van der Waals surface area contributed by atoms with Crippen molar-refractivity contribution in [3.05, 3.63) is 42.2 Å². The van der Waals surface area contributed by atoms with Crippen LogP contribution in [0.25, 0.3) is 11.4 Å². The number of aliphatic hydroxyl groups is 1. The largest absolute Gasteiger partial charge is 0.376 e. The number of aromatic nitrogens is 2. The lowest BCUT2D eigenvalue weighted by molar-refractivity contribution is 0.212. The molecule has 0 saturated heterocycles. The Balaban J connectivity index is 2.44. The predicted octanol–water partition coefficient (Wildman–Crippen LogP) is 1.81. The molecular weight excluding hydrogens is 176 g/mol. The van der Waals surface area contributed by atoms with Crippen LogP contribution in [0, 0.1) is 6.92 Å². The number of aliphatic hydroxyl groups excluding tert-OH is 1. The first kappa shape index (κ1) is 8.97. The van der Waals surface area contributed by atoms with E-state index in [0.717, 1.165) is 11.4 Å². The van der Waals surface area contributed by atoms with E-state index >= 15 is 0 Å². The number of nitrogens with zero attached hydrogens (tertiary/aromatic N) is 2. The predicted molar refractivity (Wildman–Crippen MR) is 54.6 cm³/mol. The van der Waals surface area contributed by atoms with E-state index in [-0.39, 0.29) is 6.73 Å². The van der Waals surface area contributed by atoms with Crippen LogP contribution in [0.1, 0.15) is 5.56 Å². The Morgan fingerprint density at radius 2 is 2.00 bits per heavy atom. The Labute approximate surface area is 82.7 Å². The van der Waals surface area contributed by atoms with E-state index in [2.05, 4.69) is 4.98 Å². The summed E-state index contributed by atoms with van der Waals surface area (Å²) in [5.74, 6) is 0.799. The van der Waals surface area contributed by atoms with Crippen LogP contribution in [-0.2, 0) is 6.73 Å². The molecule has 0 amide bonds. The van der Waals surface area contributed by atoms with Gasteiger partial charge in [-0.3, -0.25) is 0 Å². The Bertz CT molecular complexity index is 417. The van der Waals surface area contributed by atoms with E-state index in [4.69, 9.17) is 5.11 Å². The third kappa shape index (κ3) is 1.54. The fourth-order valence-electron chi connectivity index (χ4n) is 1.39. The molecule has 0 unspecified atom stereocenters. The minimum atomic E-state index is -0.0385. The highest BCUT2D eigenvalue weighted by Crippen LogP contribution is 2.17. The van der Waals surface area contributed by atoms with E-state index in [0.29, 0.717) is 0 Å². The minimum Gasteiger partial charge on any atom is -0.376 e.